The fourth-order valence-electron chi connectivity index (χ4n) is 5.19. The minimum atomic E-state index is -4.26. The van der Waals surface area contributed by atoms with Gasteiger partial charge in [0, 0.05) is 18.5 Å². The van der Waals surface area contributed by atoms with Crippen LogP contribution in [-0.4, -0.2) is 50.4 Å². The van der Waals surface area contributed by atoms with E-state index in [1.54, 1.807) is 30.3 Å². The first-order valence-corrected chi connectivity index (χ1v) is 17.5. The molecule has 0 unspecified atom stereocenters. The van der Waals surface area contributed by atoms with Crippen LogP contribution in [0.25, 0.3) is 0 Å². The molecule has 0 aromatic heterocycles. The Morgan fingerprint density at radius 1 is 0.851 bits per heavy atom. The first-order chi connectivity index (χ1) is 22.2. The van der Waals surface area contributed by atoms with E-state index < -0.39 is 34.1 Å². The third kappa shape index (κ3) is 9.45. The number of sulfonamides is 1. The van der Waals surface area contributed by atoms with E-state index in [4.69, 9.17) is 4.74 Å². The van der Waals surface area contributed by atoms with Crippen molar-refractivity contribution < 1.29 is 22.7 Å². The van der Waals surface area contributed by atoms with Crippen LogP contribution in [0, 0.1) is 13.8 Å². The molecule has 4 aromatic rings. The molecule has 0 heterocycles. The molecule has 0 aliphatic rings. The van der Waals surface area contributed by atoms with E-state index in [0.29, 0.717) is 15.9 Å². The maximum Gasteiger partial charge on any atom is 0.264 e. The SMILES string of the molecule is COc1ccc(S(=O)(=O)N(CC(=O)N(Cc2cccc(C)c2)[C@@H](Cc2ccccc2)C(=O)NC(C)(C)C)c2ccc(C)cc2)cc1Br. The Kier molecular flexibility index (Phi) is 11.5. The lowest BCUT2D eigenvalue weighted by Crippen LogP contribution is -2.56. The van der Waals surface area contributed by atoms with E-state index in [1.807, 2.05) is 89.2 Å². The quantitative estimate of drug-likeness (QED) is 0.173. The third-order valence-electron chi connectivity index (χ3n) is 7.52. The maximum atomic E-state index is 14.6. The van der Waals surface area contributed by atoms with Crippen LogP contribution in [-0.2, 0) is 32.6 Å². The Morgan fingerprint density at radius 3 is 2.11 bits per heavy atom. The number of methoxy groups -OCH3 is 1. The summed E-state index contributed by atoms with van der Waals surface area (Å²) in [6, 6.07) is 27.7. The molecular weight excluding hydrogens is 678 g/mol. The van der Waals surface area contributed by atoms with Gasteiger partial charge in [0.1, 0.15) is 18.3 Å². The molecule has 8 nitrogen and oxygen atoms in total. The standard InChI is InChI=1S/C37H42BrN3O5S/c1-26-15-17-30(18-16-26)41(47(44,45)31-19-20-34(46-6)32(38)23-31)25-35(42)40(24-29-14-10-11-27(2)21-29)33(36(43)39-37(3,4)5)22-28-12-8-7-9-13-28/h7-21,23,33H,22,24-25H2,1-6H3,(H,39,43)/t33-/m0/s1. The molecule has 0 radical (unpaired) electrons. The van der Waals surface area contributed by atoms with Crippen LogP contribution in [0.15, 0.2) is 106 Å². The summed E-state index contributed by atoms with van der Waals surface area (Å²) in [6.45, 7) is 9.09. The van der Waals surface area contributed by atoms with E-state index >= 15 is 0 Å². The van der Waals surface area contributed by atoms with Gasteiger partial charge in [-0.25, -0.2) is 8.42 Å². The summed E-state index contributed by atoms with van der Waals surface area (Å²) >= 11 is 3.39. The van der Waals surface area contributed by atoms with Crippen molar-refractivity contribution in [2.24, 2.45) is 0 Å². The number of amides is 2. The number of carbonyl (C=O) groups is 2. The molecule has 1 atom stereocenters. The van der Waals surface area contributed by atoms with Gasteiger partial charge in [-0.1, -0.05) is 77.9 Å². The average molecular weight is 721 g/mol. The van der Waals surface area contributed by atoms with Crippen molar-refractivity contribution in [3.8, 4) is 5.75 Å². The summed E-state index contributed by atoms with van der Waals surface area (Å²) in [5.74, 6) is -0.376. The Labute approximate surface area is 286 Å². The van der Waals surface area contributed by atoms with Gasteiger partial charge in [0.2, 0.25) is 11.8 Å². The summed E-state index contributed by atoms with van der Waals surface area (Å²) in [6.07, 6.45) is 0.239. The second kappa shape index (κ2) is 15.2. The molecule has 0 bridgehead atoms. The molecule has 2 amide bonds. The number of ether oxygens (including phenoxy) is 1. The second-order valence-electron chi connectivity index (χ2n) is 12.6. The highest BCUT2D eigenvalue weighted by atomic mass is 79.9. The van der Waals surface area contributed by atoms with E-state index in [-0.39, 0.29) is 23.8 Å². The lowest BCUT2D eigenvalue weighted by Gasteiger charge is -2.35. The maximum absolute atomic E-state index is 14.6. The smallest absolute Gasteiger partial charge is 0.264 e. The number of nitrogens with one attached hydrogen (secondary N) is 1. The summed E-state index contributed by atoms with van der Waals surface area (Å²) < 4.78 is 35.5. The Hall–Kier alpha value is -4.15. The zero-order valence-electron chi connectivity index (χ0n) is 27.7. The van der Waals surface area contributed by atoms with Gasteiger partial charge in [0.05, 0.1) is 22.2 Å². The average Bonchev–Trinajstić information content (AvgIpc) is 3.01. The molecule has 0 aliphatic carbocycles. The van der Waals surface area contributed by atoms with Gasteiger partial charge in [-0.2, -0.15) is 0 Å². The predicted molar refractivity (Wildman–Crippen MR) is 190 cm³/mol. The van der Waals surface area contributed by atoms with Crippen molar-refractivity contribution in [1.82, 2.24) is 10.2 Å². The van der Waals surface area contributed by atoms with Crippen molar-refractivity contribution in [3.05, 3.63) is 124 Å². The molecule has 248 valence electrons. The molecule has 47 heavy (non-hydrogen) atoms. The number of anilines is 1. The van der Waals surface area contributed by atoms with Gasteiger partial charge >= 0.3 is 0 Å². The minimum Gasteiger partial charge on any atom is -0.496 e. The molecule has 0 spiro atoms. The monoisotopic (exact) mass is 719 g/mol. The molecular formula is C37H42BrN3O5S. The fraction of sp³-hybridized carbons (Fsp3) is 0.297. The zero-order valence-corrected chi connectivity index (χ0v) is 30.1. The van der Waals surface area contributed by atoms with Crippen LogP contribution in [0.4, 0.5) is 5.69 Å². The lowest BCUT2D eigenvalue weighted by atomic mass is 10.0. The molecule has 0 aliphatic heterocycles. The predicted octanol–water partition coefficient (Wildman–Crippen LogP) is 6.82. The number of benzene rings is 4. The zero-order chi connectivity index (χ0) is 34.4. The summed E-state index contributed by atoms with van der Waals surface area (Å²) in [7, 11) is -2.76. The summed E-state index contributed by atoms with van der Waals surface area (Å²) in [5, 5.41) is 3.05. The Morgan fingerprint density at radius 2 is 1.51 bits per heavy atom. The van der Waals surface area contributed by atoms with Crippen LogP contribution in [0.5, 0.6) is 5.75 Å². The number of rotatable bonds is 12. The Bertz CT molecular complexity index is 1810. The molecule has 4 aromatic carbocycles. The topological polar surface area (TPSA) is 96.0 Å². The largest absolute Gasteiger partial charge is 0.496 e. The highest BCUT2D eigenvalue weighted by Gasteiger charge is 2.35. The molecule has 4 rings (SSSR count). The van der Waals surface area contributed by atoms with Crippen molar-refractivity contribution in [1.29, 1.82) is 0 Å². The normalized spacial score (nSPS) is 12.2. The molecule has 1 N–H and O–H groups in total. The number of hydrogen-bond donors (Lipinski definition) is 1. The van der Waals surface area contributed by atoms with Crippen LogP contribution in [0.3, 0.4) is 0 Å². The highest BCUT2D eigenvalue weighted by Crippen LogP contribution is 2.31. The molecule has 0 saturated carbocycles. The third-order valence-corrected chi connectivity index (χ3v) is 9.91. The van der Waals surface area contributed by atoms with Crippen LogP contribution in [0.1, 0.15) is 43.0 Å². The van der Waals surface area contributed by atoms with Crippen molar-refractivity contribution in [3.63, 3.8) is 0 Å². The number of nitrogens with zero attached hydrogens (tertiary/aromatic N) is 2. The summed E-state index contributed by atoms with van der Waals surface area (Å²) in [5.41, 5.74) is 3.39. The summed E-state index contributed by atoms with van der Waals surface area (Å²) in [4.78, 5) is 30.1. The number of aryl methyl sites for hydroxylation is 2. The first kappa shape index (κ1) is 35.7. The first-order valence-electron chi connectivity index (χ1n) is 15.3. The highest BCUT2D eigenvalue weighted by molar-refractivity contribution is 9.10. The van der Waals surface area contributed by atoms with Gasteiger partial charge in [-0.3, -0.25) is 13.9 Å². The van der Waals surface area contributed by atoms with Gasteiger partial charge in [0.15, 0.2) is 0 Å². The van der Waals surface area contributed by atoms with Crippen molar-refractivity contribution in [2.45, 2.75) is 64.1 Å². The second-order valence-corrected chi connectivity index (χ2v) is 15.3. The van der Waals surface area contributed by atoms with Crippen LogP contribution < -0.4 is 14.4 Å². The van der Waals surface area contributed by atoms with Crippen molar-refractivity contribution in [2.75, 3.05) is 18.0 Å². The van der Waals surface area contributed by atoms with Gasteiger partial charge in [-0.05, 0) is 92.0 Å². The van der Waals surface area contributed by atoms with Crippen LogP contribution in [0.2, 0.25) is 0 Å². The molecule has 0 fully saturated rings. The van der Waals surface area contributed by atoms with Crippen molar-refractivity contribution >= 4 is 43.5 Å². The van der Waals surface area contributed by atoms with Gasteiger partial charge < -0.3 is 15.0 Å². The Balaban J connectivity index is 1.83. The number of halogens is 1. The van der Waals surface area contributed by atoms with E-state index in [1.165, 1.54) is 24.1 Å². The molecule has 0 saturated heterocycles. The molecule has 10 heteroatoms. The number of hydrogen-bond acceptors (Lipinski definition) is 5. The van der Waals surface area contributed by atoms with Crippen LogP contribution >= 0.6 is 15.9 Å². The minimum absolute atomic E-state index is 0.0184. The van der Waals surface area contributed by atoms with E-state index in [0.717, 1.165) is 26.6 Å². The fourth-order valence-corrected chi connectivity index (χ4v) is 7.32. The van der Waals surface area contributed by atoms with E-state index in [9.17, 15) is 18.0 Å². The van der Waals surface area contributed by atoms with Gasteiger partial charge in [-0.15, -0.1) is 0 Å². The van der Waals surface area contributed by atoms with E-state index in [2.05, 4.69) is 21.2 Å². The number of carbonyl (C=O) groups excluding carboxylic acids is 2. The van der Waals surface area contributed by atoms with Gasteiger partial charge in [0.25, 0.3) is 10.0 Å². The lowest BCUT2D eigenvalue weighted by molar-refractivity contribution is -0.140.